The molecule has 2 rings (SSSR count). The highest BCUT2D eigenvalue weighted by Crippen LogP contribution is 2.25. The molecule has 0 saturated carbocycles. The minimum Gasteiger partial charge on any atom is -0.264 e. The number of hydrogen-bond acceptors (Lipinski definition) is 2. The van der Waals surface area contributed by atoms with Crippen LogP contribution in [0, 0.1) is 17.1 Å². The molecule has 0 unspecified atom stereocenters. The molecule has 0 saturated heterocycles. The fourth-order valence-electron chi connectivity index (χ4n) is 1.60. The van der Waals surface area contributed by atoms with Gasteiger partial charge in [-0.1, -0.05) is 12.1 Å². The molecule has 0 bridgehead atoms. The first-order valence-electron chi connectivity index (χ1n) is 4.66. The van der Waals surface area contributed by atoms with Gasteiger partial charge in [0.15, 0.2) is 0 Å². The molecule has 1 heterocycles. The number of rotatable bonds is 1. The van der Waals surface area contributed by atoms with Gasteiger partial charge in [0, 0.05) is 17.8 Å². The maximum absolute atomic E-state index is 13.4. The highest BCUT2D eigenvalue weighted by atomic mass is 19.1. The lowest BCUT2D eigenvalue weighted by molar-refractivity contribution is 0.639. The number of aromatic nitrogens is 1. The first-order chi connectivity index (χ1) is 7.24. The molecule has 0 amide bonds. The van der Waals surface area contributed by atoms with E-state index >= 15 is 0 Å². The third-order valence-electron chi connectivity index (χ3n) is 2.44. The van der Waals surface area contributed by atoms with Crippen molar-refractivity contribution < 1.29 is 4.39 Å². The van der Waals surface area contributed by atoms with Crippen molar-refractivity contribution in [3.8, 4) is 6.07 Å². The lowest BCUT2D eigenvalue weighted by atomic mass is 9.98. The first-order valence-corrected chi connectivity index (χ1v) is 4.66. The van der Waals surface area contributed by atoms with Crippen LogP contribution in [0.15, 0.2) is 30.6 Å². The van der Waals surface area contributed by atoms with Gasteiger partial charge in [0.05, 0.1) is 12.0 Å². The molecule has 2 nitrogen and oxygen atoms in total. The Morgan fingerprint density at radius 3 is 2.87 bits per heavy atom. The Bertz CT molecular complexity index is 543. The van der Waals surface area contributed by atoms with Gasteiger partial charge in [-0.15, -0.1) is 0 Å². The fourth-order valence-corrected chi connectivity index (χ4v) is 1.60. The second-order valence-electron chi connectivity index (χ2n) is 3.41. The molecule has 1 aromatic carbocycles. The highest BCUT2D eigenvalue weighted by Gasteiger charge is 2.10. The van der Waals surface area contributed by atoms with Crippen LogP contribution in [0.4, 0.5) is 4.39 Å². The molecule has 2 aromatic rings. The molecule has 15 heavy (non-hydrogen) atoms. The summed E-state index contributed by atoms with van der Waals surface area (Å²) in [6, 6.07) is 6.98. The SMILES string of the molecule is C[C@H](C#N)c1cncc2c(F)cccc12. The molecule has 0 aliphatic carbocycles. The molecule has 74 valence electrons. The lowest BCUT2D eigenvalue weighted by Gasteiger charge is -2.07. The van der Waals surface area contributed by atoms with Crippen LogP contribution in [0.25, 0.3) is 10.8 Å². The molecular formula is C12H9FN2. The van der Waals surface area contributed by atoms with E-state index in [-0.39, 0.29) is 11.7 Å². The van der Waals surface area contributed by atoms with Crippen molar-refractivity contribution in [2.24, 2.45) is 0 Å². The van der Waals surface area contributed by atoms with Gasteiger partial charge in [-0.2, -0.15) is 5.26 Å². The van der Waals surface area contributed by atoms with E-state index in [0.717, 1.165) is 10.9 Å². The van der Waals surface area contributed by atoms with Crippen LogP contribution in [-0.2, 0) is 0 Å². The molecule has 0 fully saturated rings. The smallest absolute Gasteiger partial charge is 0.132 e. The highest BCUT2D eigenvalue weighted by molar-refractivity contribution is 5.85. The molecule has 3 heteroatoms. The van der Waals surface area contributed by atoms with Crippen molar-refractivity contribution in [2.45, 2.75) is 12.8 Å². The number of benzene rings is 1. The fraction of sp³-hybridized carbons (Fsp3) is 0.167. The number of nitriles is 1. The van der Waals surface area contributed by atoms with Gasteiger partial charge in [-0.25, -0.2) is 4.39 Å². The molecule has 0 radical (unpaired) electrons. The monoisotopic (exact) mass is 200 g/mol. The Morgan fingerprint density at radius 2 is 2.13 bits per heavy atom. The second-order valence-corrected chi connectivity index (χ2v) is 3.41. The van der Waals surface area contributed by atoms with Gasteiger partial charge in [-0.3, -0.25) is 4.98 Å². The minimum atomic E-state index is -0.299. The van der Waals surface area contributed by atoms with Crippen LogP contribution in [0.2, 0.25) is 0 Å². The van der Waals surface area contributed by atoms with E-state index in [4.69, 9.17) is 5.26 Å². The van der Waals surface area contributed by atoms with Gasteiger partial charge < -0.3 is 0 Å². The number of fused-ring (bicyclic) bond motifs is 1. The van der Waals surface area contributed by atoms with E-state index in [1.165, 1.54) is 12.3 Å². The number of pyridine rings is 1. The van der Waals surface area contributed by atoms with E-state index < -0.39 is 0 Å². The summed E-state index contributed by atoms with van der Waals surface area (Å²) in [4.78, 5) is 3.95. The van der Waals surface area contributed by atoms with Gasteiger partial charge >= 0.3 is 0 Å². The number of hydrogen-bond donors (Lipinski definition) is 0. The van der Waals surface area contributed by atoms with Crippen molar-refractivity contribution in [2.75, 3.05) is 0 Å². The van der Waals surface area contributed by atoms with Crippen molar-refractivity contribution in [1.82, 2.24) is 4.98 Å². The quantitative estimate of drug-likeness (QED) is 0.709. The van der Waals surface area contributed by atoms with Crippen molar-refractivity contribution in [3.05, 3.63) is 42.0 Å². The number of halogens is 1. The summed E-state index contributed by atoms with van der Waals surface area (Å²) < 4.78 is 13.4. The molecule has 1 aromatic heterocycles. The normalized spacial score (nSPS) is 12.3. The predicted molar refractivity (Wildman–Crippen MR) is 55.7 cm³/mol. The Hall–Kier alpha value is -1.95. The summed E-state index contributed by atoms with van der Waals surface area (Å²) in [5.74, 6) is -0.574. The zero-order valence-corrected chi connectivity index (χ0v) is 8.24. The molecule has 0 N–H and O–H groups in total. The van der Waals surface area contributed by atoms with Crippen molar-refractivity contribution in [3.63, 3.8) is 0 Å². The third kappa shape index (κ3) is 1.55. The topological polar surface area (TPSA) is 36.7 Å². The van der Waals surface area contributed by atoms with E-state index in [0.29, 0.717) is 5.39 Å². The maximum atomic E-state index is 13.4. The summed E-state index contributed by atoms with van der Waals surface area (Å²) in [6.07, 6.45) is 3.11. The van der Waals surface area contributed by atoms with E-state index in [9.17, 15) is 4.39 Å². The minimum absolute atomic E-state index is 0.275. The molecule has 0 aliphatic heterocycles. The van der Waals surface area contributed by atoms with Crippen molar-refractivity contribution >= 4 is 10.8 Å². The van der Waals surface area contributed by atoms with Crippen LogP contribution in [0.5, 0.6) is 0 Å². The molecule has 0 aliphatic rings. The Morgan fingerprint density at radius 1 is 1.33 bits per heavy atom. The zero-order chi connectivity index (χ0) is 10.8. The number of nitrogens with zero attached hydrogens (tertiary/aromatic N) is 2. The van der Waals surface area contributed by atoms with Crippen LogP contribution in [0.1, 0.15) is 18.4 Å². The maximum Gasteiger partial charge on any atom is 0.132 e. The second kappa shape index (κ2) is 3.66. The van der Waals surface area contributed by atoms with E-state index in [1.54, 1.807) is 19.2 Å². The zero-order valence-electron chi connectivity index (χ0n) is 8.24. The summed E-state index contributed by atoms with van der Waals surface area (Å²) >= 11 is 0. The van der Waals surface area contributed by atoms with Crippen LogP contribution < -0.4 is 0 Å². The van der Waals surface area contributed by atoms with Crippen LogP contribution in [-0.4, -0.2) is 4.98 Å². The van der Waals surface area contributed by atoms with Crippen LogP contribution in [0.3, 0.4) is 0 Å². The van der Waals surface area contributed by atoms with Crippen molar-refractivity contribution in [1.29, 1.82) is 5.26 Å². The third-order valence-corrected chi connectivity index (χ3v) is 2.44. The standard InChI is InChI=1S/C12H9FN2/c1-8(5-14)10-6-15-7-11-9(10)3-2-4-12(11)13/h2-4,6-8H,1H3/t8-/m1/s1. The summed E-state index contributed by atoms with van der Waals surface area (Å²) in [6.45, 7) is 1.78. The Kier molecular flexibility index (Phi) is 2.34. The van der Waals surface area contributed by atoms with Gasteiger partial charge in [0.2, 0.25) is 0 Å². The predicted octanol–water partition coefficient (Wildman–Crippen LogP) is 3.00. The lowest BCUT2D eigenvalue weighted by Crippen LogP contribution is -1.93. The van der Waals surface area contributed by atoms with E-state index in [1.807, 2.05) is 6.07 Å². The first kappa shape index (κ1) is 9.60. The van der Waals surface area contributed by atoms with Gasteiger partial charge in [-0.05, 0) is 23.9 Å². The molecule has 1 atom stereocenters. The summed E-state index contributed by atoms with van der Waals surface area (Å²) in [5, 5.41) is 10.1. The van der Waals surface area contributed by atoms with E-state index in [2.05, 4.69) is 11.1 Å². The average Bonchev–Trinajstić information content (AvgIpc) is 2.28. The Balaban J connectivity index is 2.78. The average molecular weight is 200 g/mol. The molecule has 0 spiro atoms. The van der Waals surface area contributed by atoms with Gasteiger partial charge in [0.25, 0.3) is 0 Å². The summed E-state index contributed by atoms with van der Waals surface area (Å²) in [7, 11) is 0. The van der Waals surface area contributed by atoms with Crippen LogP contribution >= 0.6 is 0 Å². The van der Waals surface area contributed by atoms with Gasteiger partial charge in [0.1, 0.15) is 5.82 Å². The Labute approximate surface area is 87.0 Å². The summed E-state index contributed by atoms with van der Waals surface area (Å²) in [5.41, 5.74) is 0.773. The largest absolute Gasteiger partial charge is 0.264 e. The molecular weight excluding hydrogens is 191 g/mol.